The van der Waals surface area contributed by atoms with Gasteiger partial charge in [0.25, 0.3) is 0 Å². The van der Waals surface area contributed by atoms with Gasteiger partial charge < -0.3 is 10.6 Å². The Labute approximate surface area is 113 Å². The average molecular weight is 257 g/mol. The lowest BCUT2D eigenvalue weighted by Crippen LogP contribution is -2.08. The molecule has 100 valence electrons. The summed E-state index contributed by atoms with van der Waals surface area (Å²) in [7, 11) is 0. The van der Waals surface area contributed by atoms with Crippen LogP contribution in [0.3, 0.4) is 0 Å². The van der Waals surface area contributed by atoms with Gasteiger partial charge in [0.2, 0.25) is 5.95 Å². The molecule has 0 spiro atoms. The summed E-state index contributed by atoms with van der Waals surface area (Å²) in [6, 6.07) is 5.91. The third-order valence-electron chi connectivity index (χ3n) is 2.61. The highest BCUT2D eigenvalue weighted by Crippen LogP contribution is 2.11. The van der Waals surface area contributed by atoms with Gasteiger partial charge in [0, 0.05) is 37.2 Å². The first-order chi connectivity index (χ1) is 9.28. The molecule has 5 heteroatoms. The van der Waals surface area contributed by atoms with Gasteiger partial charge in [-0.15, -0.1) is 0 Å². The average Bonchev–Trinajstić information content (AvgIpc) is 2.43. The Morgan fingerprint density at radius 2 is 1.89 bits per heavy atom. The van der Waals surface area contributed by atoms with Crippen molar-refractivity contribution in [3.05, 3.63) is 41.9 Å². The lowest BCUT2D eigenvalue weighted by atomic mass is 10.3. The molecule has 0 saturated carbocycles. The van der Waals surface area contributed by atoms with Crippen LogP contribution in [0.1, 0.15) is 24.6 Å². The third-order valence-corrected chi connectivity index (χ3v) is 2.61. The first kappa shape index (κ1) is 13.3. The molecule has 5 nitrogen and oxygen atoms in total. The number of aryl methyl sites for hydroxylation is 1. The van der Waals surface area contributed by atoms with Gasteiger partial charge in [0.05, 0.1) is 0 Å². The Kier molecular flexibility index (Phi) is 4.66. The predicted octanol–water partition coefficient (Wildman–Crippen LogP) is 2.61. The highest BCUT2D eigenvalue weighted by atomic mass is 15.1. The summed E-state index contributed by atoms with van der Waals surface area (Å²) in [5, 5.41) is 6.50. The van der Waals surface area contributed by atoms with Crippen LogP contribution in [-0.4, -0.2) is 21.5 Å². The number of aromatic nitrogens is 3. The molecule has 2 aromatic rings. The van der Waals surface area contributed by atoms with Gasteiger partial charge in [-0.2, -0.15) is 4.98 Å². The molecule has 2 heterocycles. The Hall–Kier alpha value is -2.17. The SMILES string of the molecule is CCCNc1nc(C)cc(NCc2ccncc2)n1. The molecule has 2 aromatic heterocycles. The summed E-state index contributed by atoms with van der Waals surface area (Å²) in [6.07, 6.45) is 4.63. The van der Waals surface area contributed by atoms with Crippen molar-refractivity contribution in [1.29, 1.82) is 0 Å². The van der Waals surface area contributed by atoms with Crippen LogP contribution in [0.5, 0.6) is 0 Å². The summed E-state index contributed by atoms with van der Waals surface area (Å²) in [6.45, 7) is 5.70. The van der Waals surface area contributed by atoms with Crippen molar-refractivity contribution in [2.75, 3.05) is 17.2 Å². The van der Waals surface area contributed by atoms with E-state index in [1.807, 2.05) is 25.1 Å². The summed E-state index contributed by atoms with van der Waals surface area (Å²) in [5.74, 6) is 1.52. The Bertz CT molecular complexity index is 512. The van der Waals surface area contributed by atoms with E-state index in [0.29, 0.717) is 5.95 Å². The van der Waals surface area contributed by atoms with E-state index in [-0.39, 0.29) is 0 Å². The second-order valence-electron chi connectivity index (χ2n) is 4.35. The standard InChI is InChI=1S/C14H19N5/c1-3-6-16-14-18-11(2)9-13(19-14)17-10-12-4-7-15-8-5-12/h4-5,7-9H,3,6,10H2,1-2H3,(H2,16,17,18,19). The fraction of sp³-hybridized carbons (Fsp3) is 0.357. The molecule has 0 aliphatic carbocycles. The van der Waals surface area contributed by atoms with E-state index in [4.69, 9.17) is 0 Å². The Balaban J connectivity index is 2.01. The van der Waals surface area contributed by atoms with Crippen molar-refractivity contribution >= 4 is 11.8 Å². The maximum atomic E-state index is 4.44. The molecule has 0 bridgehead atoms. The molecule has 2 rings (SSSR count). The van der Waals surface area contributed by atoms with Crippen molar-refractivity contribution in [2.45, 2.75) is 26.8 Å². The second-order valence-corrected chi connectivity index (χ2v) is 4.35. The minimum Gasteiger partial charge on any atom is -0.366 e. The van der Waals surface area contributed by atoms with E-state index in [1.165, 1.54) is 5.56 Å². The maximum Gasteiger partial charge on any atom is 0.224 e. The van der Waals surface area contributed by atoms with E-state index >= 15 is 0 Å². The fourth-order valence-electron chi connectivity index (χ4n) is 1.67. The zero-order valence-electron chi connectivity index (χ0n) is 11.3. The number of hydrogen-bond donors (Lipinski definition) is 2. The highest BCUT2D eigenvalue weighted by Gasteiger charge is 2.01. The lowest BCUT2D eigenvalue weighted by Gasteiger charge is -2.09. The zero-order valence-corrected chi connectivity index (χ0v) is 11.3. The molecule has 2 N–H and O–H groups in total. The van der Waals surface area contributed by atoms with Gasteiger partial charge in [-0.05, 0) is 31.0 Å². The maximum absolute atomic E-state index is 4.44. The lowest BCUT2D eigenvalue weighted by molar-refractivity contribution is 0.943. The van der Waals surface area contributed by atoms with E-state index in [2.05, 4.69) is 32.5 Å². The molecule has 0 atom stereocenters. The largest absolute Gasteiger partial charge is 0.366 e. The first-order valence-corrected chi connectivity index (χ1v) is 6.50. The Morgan fingerprint density at radius 1 is 1.11 bits per heavy atom. The van der Waals surface area contributed by atoms with E-state index < -0.39 is 0 Å². The molecule has 0 amide bonds. The number of nitrogens with one attached hydrogen (secondary N) is 2. The normalized spacial score (nSPS) is 10.2. The summed E-state index contributed by atoms with van der Waals surface area (Å²) >= 11 is 0. The van der Waals surface area contributed by atoms with Crippen LogP contribution in [0.25, 0.3) is 0 Å². The molecule has 0 radical (unpaired) electrons. The van der Waals surface area contributed by atoms with Crippen LogP contribution >= 0.6 is 0 Å². The van der Waals surface area contributed by atoms with Crippen molar-refractivity contribution in [3.63, 3.8) is 0 Å². The number of nitrogens with zero attached hydrogens (tertiary/aromatic N) is 3. The number of anilines is 2. The van der Waals surface area contributed by atoms with E-state index in [9.17, 15) is 0 Å². The van der Waals surface area contributed by atoms with Crippen LogP contribution in [0.15, 0.2) is 30.6 Å². The van der Waals surface area contributed by atoms with E-state index in [0.717, 1.165) is 31.0 Å². The topological polar surface area (TPSA) is 62.7 Å². The summed E-state index contributed by atoms with van der Waals surface area (Å²) in [5.41, 5.74) is 2.13. The van der Waals surface area contributed by atoms with Crippen LogP contribution < -0.4 is 10.6 Å². The molecule has 0 unspecified atom stereocenters. The quantitative estimate of drug-likeness (QED) is 0.833. The molecule has 0 aliphatic heterocycles. The smallest absolute Gasteiger partial charge is 0.224 e. The van der Waals surface area contributed by atoms with Crippen molar-refractivity contribution in [1.82, 2.24) is 15.0 Å². The highest BCUT2D eigenvalue weighted by molar-refractivity contribution is 5.42. The summed E-state index contributed by atoms with van der Waals surface area (Å²) < 4.78 is 0. The zero-order chi connectivity index (χ0) is 13.5. The molecule has 19 heavy (non-hydrogen) atoms. The minimum absolute atomic E-state index is 0.680. The molecular weight excluding hydrogens is 238 g/mol. The van der Waals surface area contributed by atoms with Crippen LogP contribution in [0.2, 0.25) is 0 Å². The molecule has 0 fully saturated rings. The van der Waals surface area contributed by atoms with Crippen LogP contribution in [0, 0.1) is 6.92 Å². The van der Waals surface area contributed by atoms with Crippen LogP contribution in [0.4, 0.5) is 11.8 Å². The molecule has 0 aromatic carbocycles. The van der Waals surface area contributed by atoms with Gasteiger partial charge in [-0.3, -0.25) is 4.98 Å². The van der Waals surface area contributed by atoms with Gasteiger partial charge in [-0.1, -0.05) is 6.92 Å². The van der Waals surface area contributed by atoms with Crippen molar-refractivity contribution in [2.24, 2.45) is 0 Å². The van der Waals surface area contributed by atoms with Crippen molar-refractivity contribution < 1.29 is 0 Å². The first-order valence-electron chi connectivity index (χ1n) is 6.50. The number of hydrogen-bond acceptors (Lipinski definition) is 5. The number of pyridine rings is 1. The molecule has 0 aliphatic rings. The minimum atomic E-state index is 0.680. The van der Waals surface area contributed by atoms with Gasteiger partial charge in [0.15, 0.2) is 0 Å². The van der Waals surface area contributed by atoms with Gasteiger partial charge in [-0.25, -0.2) is 4.98 Å². The van der Waals surface area contributed by atoms with Gasteiger partial charge >= 0.3 is 0 Å². The third kappa shape index (κ3) is 4.21. The monoisotopic (exact) mass is 257 g/mol. The second kappa shape index (κ2) is 6.68. The number of rotatable bonds is 6. The molecular formula is C14H19N5. The van der Waals surface area contributed by atoms with E-state index in [1.54, 1.807) is 12.4 Å². The predicted molar refractivity (Wildman–Crippen MR) is 77.1 cm³/mol. The molecule has 0 saturated heterocycles. The van der Waals surface area contributed by atoms with Crippen LogP contribution in [-0.2, 0) is 6.54 Å². The Morgan fingerprint density at radius 3 is 2.63 bits per heavy atom. The summed E-state index contributed by atoms with van der Waals surface area (Å²) in [4.78, 5) is 12.8. The van der Waals surface area contributed by atoms with Gasteiger partial charge in [0.1, 0.15) is 5.82 Å². The van der Waals surface area contributed by atoms with Crippen molar-refractivity contribution in [3.8, 4) is 0 Å². The fourth-order valence-corrected chi connectivity index (χ4v) is 1.67.